The molecule has 21 heavy (non-hydrogen) atoms. The predicted octanol–water partition coefficient (Wildman–Crippen LogP) is 1.87. The molecule has 0 spiro atoms. The first-order valence-corrected chi connectivity index (χ1v) is 8.19. The van der Waals surface area contributed by atoms with E-state index in [1.165, 1.54) is 17.8 Å². The number of carbonyl (C=O) groups excluding carboxylic acids is 1. The van der Waals surface area contributed by atoms with Crippen LogP contribution in [0.25, 0.3) is 0 Å². The summed E-state index contributed by atoms with van der Waals surface area (Å²) in [6.45, 7) is 4.23. The van der Waals surface area contributed by atoms with E-state index >= 15 is 0 Å². The first-order chi connectivity index (χ1) is 10.1. The van der Waals surface area contributed by atoms with Crippen molar-refractivity contribution < 1.29 is 14.7 Å². The number of piperidine rings is 1. The van der Waals surface area contributed by atoms with Gasteiger partial charge in [-0.15, -0.1) is 11.3 Å². The van der Waals surface area contributed by atoms with Crippen molar-refractivity contribution in [3.63, 3.8) is 0 Å². The fourth-order valence-corrected chi connectivity index (χ4v) is 3.45. The van der Waals surface area contributed by atoms with Crippen LogP contribution in [0, 0.1) is 0 Å². The summed E-state index contributed by atoms with van der Waals surface area (Å²) in [6.07, 6.45) is 3.48. The van der Waals surface area contributed by atoms with Gasteiger partial charge in [0.05, 0.1) is 12.5 Å². The molecule has 0 bridgehead atoms. The number of likely N-dealkylation sites (tertiary alicyclic amines) is 1. The molecule has 0 aliphatic carbocycles. The van der Waals surface area contributed by atoms with E-state index in [1.54, 1.807) is 0 Å². The molecule has 1 fully saturated rings. The second-order valence-electron chi connectivity index (χ2n) is 5.43. The Hall–Kier alpha value is -1.40. The maximum absolute atomic E-state index is 12.3. The van der Waals surface area contributed by atoms with E-state index in [2.05, 4.69) is 5.32 Å². The molecule has 0 radical (unpaired) electrons. The number of hydrogen-bond acceptors (Lipinski definition) is 4. The average molecular weight is 310 g/mol. The lowest BCUT2D eigenvalue weighted by Crippen LogP contribution is -2.46. The third kappa shape index (κ3) is 4.82. The van der Waals surface area contributed by atoms with Crippen LogP contribution in [0.4, 0.5) is 0 Å². The standard InChI is InChI=1S/C15H22N2O3S/c1-11(15(20)17-7-3-2-4-8-17)16-10-13-6-5-12(21-13)9-14(18)19/h5-6,11,16H,2-4,7-10H2,1H3,(H,18,19). The molecule has 6 heteroatoms. The first kappa shape index (κ1) is 16.0. The van der Waals surface area contributed by atoms with Gasteiger partial charge in [0.15, 0.2) is 0 Å². The Morgan fingerprint density at radius 1 is 1.29 bits per heavy atom. The van der Waals surface area contributed by atoms with Gasteiger partial charge in [-0.25, -0.2) is 0 Å². The number of aliphatic carboxylic acids is 1. The highest BCUT2D eigenvalue weighted by atomic mass is 32.1. The van der Waals surface area contributed by atoms with Crippen molar-refractivity contribution in [1.82, 2.24) is 10.2 Å². The molecular formula is C15H22N2O3S. The van der Waals surface area contributed by atoms with Crippen LogP contribution in [-0.4, -0.2) is 41.0 Å². The maximum atomic E-state index is 12.3. The fraction of sp³-hybridized carbons (Fsp3) is 0.600. The van der Waals surface area contributed by atoms with Gasteiger partial charge in [-0.1, -0.05) is 0 Å². The lowest BCUT2D eigenvalue weighted by atomic mass is 10.1. The summed E-state index contributed by atoms with van der Waals surface area (Å²) in [5.41, 5.74) is 0. The van der Waals surface area contributed by atoms with Crippen LogP contribution in [0.5, 0.6) is 0 Å². The Balaban J connectivity index is 1.80. The van der Waals surface area contributed by atoms with E-state index in [-0.39, 0.29) is 18.4 Å². The van der Waals surface area contributed by atoms with Crippen LogP contribution in [0.15, 0.2) is 12.1 Å². The Morgan fingerprint density at radius 2 is 1.95 bits per heavy atom. The molecule has 2 N–H and O–H groups in total. The number of rotatable bonds is 6. The Morgan fingerprint density at radius 3 is 2.62 bits per heavy atom. The summed E-state index contributed by atoms with van der Waals surface area (Å²) in [4.78, 5) is 26.7. The molecule has 1 aromatic rings. The van der Waals surface area contributed by atoms with E-state index < -0.39 is 5.97 Å². The van der Waals surface area contributed by atoms with Crippen LogP contribution in [0.3, 0.4) is 0 Å². The van der Waals surface area contributed by atoms with E-state index in [0.29, 0.717) is 6.54 Å². The normalized spacial score (nSPS) is 16.7. The Labute approximate surface area is 129 Å². The van der Waals surface area contributed by atoms with Gasteiger partial charge in [-0.2, -0.15) is 0 Å². The van der Waals surface area contributed by atoms with Gasteiger partial charge in [-0.3, -0.25) is 9.59 Å². The zero-order chi connectivity index (χ0) is 15.2. The fourth-order valence-electron chi connectivity index (χ4n) is 2.49. The van der Waals surface area contributed by atoms with Crippen molar-refractivity contribution in [2.45, 2.75) is 45.2 Å². The lowest BCUT2D eigenvalue weighted by molar-refractivity contribution is -0.136. The van der Waals surface area contributed by atoms with Crippen molar-refractivity contribution in [1.29, 1.82) is 0 Å². The number of hydrogen-bond donors (Lipinski definition) is 2. The van der Waals surface area contributed by atoms with E-state index in [4.69, 9.17) is 5.11 Å². The summed E-state index contributed by atoms with van der Waals surface area (Å²) >= 11 is 1.48. The summed E-state index contributed by atoms with van der Waals surface area (Å²) in [5.74, 6) is -0.651. The zero-order valence-electron chi connectivity index (χ0n) is 12.3. The molecule has 0 saturated carbocycles. The Bertz CT molecular complexity index is 495. The highest BCUT2D eigenvalue weighted by molar-refractivity contribution is 7.12. The van der Waals surface area contributed by atoms with Crippen LogP contribution in [-0.2, 0) is 22.6 Å². The van der Waals surface area contributed by atoms with Crippen molar-refractivity contribution in [3.8, 4) is 0 Å². The third-order valence-electron chi connectivity index (χ3n) is 3.66. The van der Waals surface area contributed by atoms with Crippen molar-refractivity contribution in [3.05, 3.63) is 21.9 Å². The topological polar surface area (TPSA) is 69.6 Å². The number of carboxylic acid groups (broad SMARTS) is 1. The molecule has 2 heterocycles. The first-order valence-electron chi connectivity index (χ1n) is 7.38. The average Bonchev–Trinajstić information content (AvgIpc) is 2.91. The lowest BCUT2D eigenvalue weighted by Gasteiger charge is -2.29. The van der Waals surface area contributed by atoms with Crippen LogP contribution in [0.1, 0.15) is 35.9 Å². The predicted molar refractivity (Wildman–Crippen MR) is 82.4 cm³/mol. The molecule has 1 amide bonds. The smallest absolute Gasteiger partial charge is 0.308 e. The molecule has 1 aliphatic rings. The molecule has 0 aromatic carbocycles. The monoisotopic (exact) mass is 310 g/mol. The maximum Gasteiger partial charge on any atom is 0.308 e. The minimum atomic E-state index is -0.815. The molecule has 1 atom stereocenters. The molecule has 1 aromatic heterocycles. The largest absolute Gasteiger partial charge is 0.481 e. The minimum Gasteiger partial charge on any atom is -0.481 e. The summed E-state index contributed by atoms with van der Waals surface area (Å²) in [6, 6.07) is 3.56. The minimum absolute atomic E-state index is 0.0624. The van der Waals surface area contributed by atoms with E-state index in [0.717, 1.165) is 35.7 Å². The molecule has 1 unspecified atom stereocenters. The van der Waals surface area contributed by atoms with Gasteiger partial charge in [0, 0.05) is 29.4 Å². The number of nitrogens with one attached hydrogen (secondary N) is 1. The van der Waals surface area contributed by atoms with Gasteiger partial charge < -0.3 is 15.3 Å². The quantitative estimate of drug-likeness (QED) is 0.841. The number of carboxylic acids is 1. The second-order valence-corrected chi connectivity index (χ2v) is 6.68. The van der Waals surface area contributed by atoms with Gasteiger partial charge >= 0.3 is 5.97 Å². The zero-order valence-corrected chi connectivity index (χ0v) is 13.1. The van der Waals surface area contributed by atoms with Gasteiger partial charge in [-0.05, 0) is 38.3 Å². The van der Waals surface area contributed by atoms with Crippen molar-refractivity contribution >= 4 is 23.2 Å². The van der Waals surface area contributed by atoms with Crippen LogP contribution in [0.2, 0.25) is 0 Å². The van der Waals surface area contributed by atoms with Crippen LogP contribution < -0.4 is 5.32 Å². The second kappa shape index (κ2) is 7.56. The summed E-state index contributed by atoms with van der Waals surface area (Å²) < 4.78 is 0. The summed E-state index contributed by atoms with van der Waals surface area (Å²) in [7, 11) is 0. The molecular weight excluding hydrogens is 288 g/mol. The number of carbonyl (C=O) groups is 2. The molecule has 1 saturated heterocycles. The van der Waals surface area contributed by atoms with E-state index in [9.17, 15) is 9.59 Å². The van der Waals surface area contributed by atoms with Gasteiger partial charge in [0.1, 0.15) is 0 Å². The Kier molecular flexibility index (Phi) is 5.76. The van der Waals surface area contributed by atoms with Gasteiger partial charge in [0.25, 0.3) is 0 Å². The highest BCUT2D eigenvalue weighted by Crippen LogP contribution is 2.17. The number of nitrogens with zero attached hydrogens (tertiary/aromatic N) is 1. The molecule has 2 rings (SSSR count). The van der Waals surface area contributed by atoms with Crippen molar-refractivity contribution in [2.24, 2.45) is 0 Å². The number of amides is 1. The van der Waals surface area contributed by atoms with Gasteiger partial charge in [0.2, 0.25) is 5.91 Å². The van der Waals surface area contributed by atoms with E-state index in [1.807, 2.05) is 24.0 Å². The highest BCUT2D eigenvalue weighted by Gasteiger charge is 2.21. The molecule has 5 nitrogen and oxygen atoms in total. The molecule has 1 aliphatic heterocycles. The SMILES string of the molecule is CC(NCc1ccc(CC(=O)O)s1)C(=O)N1CCCCC1. The number of thiophene rings is 1. The summed E-state index contributed by atoms with van der Waals surface area (Å²) in [5, 5.41) is 12.0. The van der Waals surface area contributed by atoms with Crippen molar-refractivity contribution in [2.75, 3.05) is 13.1 Å². The van der Waals surface area contributed by atoms with Crippen LogP contribution >= 0.6 is 11.3 Å². The third-order valence-corrected chi connectivity index (χ3v) is 4.75. The molecule has 116 valence electrons.